The summed E-state index contributed by atoms with van der Waals surface area (Å²) in [7, 11) is 0. The summed E-state index contributed by atoms with van der Waals surface area (Å²) in [4.78, 5) is 11.1. The van der Waals surface area contributed by atoms with Crippen LogP contribution in [0.4, 0.5) is 11.6 Å². The fraction of sp³-hybridized carbons (Fsp3) is 0.333. The molecule has 0 aliphatic heterocycles. The molecule has 0 radical (unpaired) electrons. The highest BCUT2D eigenvalue weighted by atomic mass is 32.2. The van der Waals surface area contributed by atoms with Crippen LogP contribution in [0.3, 0.4) is 0 Å². The molecule has 100 valence electrons. The van der Waals surface area contributed by atoms with E-state index in [1.807, 2.05) is 60.6 Å². The van der Waals surface area contributed by atoms with Crippen molar-refractivity contribution < 1.29 is 0 Å². The topological polar surface area (TPSA) is 29.0 Å². The van der Waals surface area contributed by atoms with E-state index in [2.05, 4.69) is 28.7 Å². The van der Waals surface area contributed by atoms with Gasteiger partial charge in [0, 0.05) is 24.2 Å². The Bertz CT molecular complexity index is 436. The molecule has 0 aromatic carbocycles. The summed E-state index contributed by atoms with van der Waals surface area (Å²) in [6, 6.07) is 12.3. The molecule has 19 heavy (non-hydrogen) atoms. The molecule has 2 aromatic heterocycles. The number of aromatic nitrogens is 2. The molecule has 1 atom stereocenters. The first-order chi connectivity index (χ1) is 9.33. The van der Waals surface area contributed by atoms with E-state index in [1.165, 1.54) is 0 Å². The van der Waals surface area contributed by atoms with Gasteiger partial charge in [-0.25, -0.2) is 9.97 Å². The molecule has 0 amide bonds. The summed E-state index contributed by atoms with van der Waals surface area (Å²) in [6.45, 7) is 4.40. The normalized spacial score (nSPS) is 12.1. The molecule has 0 aliphatic carbocycles. The molecule has 0 spiro atoms. The number of hydrogen-bond acceptors (Lipinski definition) is 4. The van der Waals surface area contributed by atoms with Crippen molar-refractivity contribution in [3.05, 3.63) is 48.8 Å². The Morgan fingerprint density at radius 1 is 1.05 bits per heavy atom. The van der Waals surface area contributed by atoms with Crippen molar-refractivity contribution >= 4 is 23.4 Å². The van der Waals surface area contributed by atoms with Crippen LogP contribution < -0.4 is 4.90 Å². The highest BCUT2D eigenvalue weighted by Gasteiger charge is 2.18. The first kappa shape index (κ1) is 13.9. The van der Waals surface area contributed by atoms with Crippen LogP contribution in [0.1, 0.15) is 13.8 Å². The van der Waals surface area contributed by atoms with Gasteiger partial charge in [-0.05, 0) is 36.9 Å². The van der Waals surface area contributed by atoms with Gasteiger partial charge in [-0.1, -0.05) is 19.1 Å². The maximum absolute atomic E-state index is 4.46. The molecule has 0 saturated heterocycles. The third-order valence-electron chi connectivity index (χ3n) is 2.80. The van der Waals surface area contributed by atoms with Gasteiger partial charge < -0.3 is 4.90 Å². The quantitative estimate of drug-likeness (QED) is 0.801. The van der Waals surface area contributed by atoms with Gasteiger partial charge in [-0.3, -0.25) is 0 Å². The van der Waals surface area contributed by atoms with Crippen LogP contribution in [0.5, 0.6) is 0 Å². The molecular weight excluding hydrogens is 254 g/mol. The van der Waals surface area contributed by atoms with Crippen molar-refractivity contribution in [1.82, 2.24) is 9.97 Å². The standard InChI is InChI=1S/C15H19N3S/c1-3-19-12-13(2)18(14-8-4-6-10-16-14)15-9-5-7-11-17-15/h4-11,13H,3,12H2,1-2H3. The van der Waals surface area contributed by atoms with E-state index < -0.39 is 0 Å². The Hall–Kier alpha value is -1.55. The number of thioether (sulfide) groups is 1. The lowest BCUT2D eigenvalue weighted by molar-refractivity contribution is 0.776. The lowest BCUT2D eigenvalue weighted by atomic mass is 10.3. The highest BCUT2D eigenvalue weighted by molar-refractivity contribution is 7.99. The summed E-state index contributed by atoms with van der Waals surface area (Å²) in [6.07, 6.45) is 3.65. The Kier molecular flexibility index (Phi) is 5.21. The summed E-state index contributed by atoms with van der Waals surface area (Å²) < 4.78 is 0. The molecule has 0 saturated carbocycles. The Morgan fingerprint density at radius 2 is 1.63 bits per heavy atom. The predicted molar refractivity (Wildman–Crippen MR) is 83.1 cm³/mol. The molecule has 3 nitrogen and oxygen atoms in total. The second kappa shape index (κ2) is 7.14. The molecule has 0 fully saturated rings. The van der Waals surface area contributed by atoms with E-state index in [-0.39, 0.29) is 0 Å². The van der Waals surface area contributed by atoms with Crippen LogP contribution in [-0.4, -0.2) is 27.5 Å². The molecule has 0 N–H and O–H groups in total. The molecule has 2 rings (SSSR count). The van der Waals surface area contributed by atoms with E-state index in [9.17, 15) is 0 Å². The number of pyridine rings is 2. The third-order valence-corrected chi connectivity index (χ3v) is 3.92. The second-order valence-corrected chi connectivity index (χ2v) is 5.57. The molecular formula is C15H19N3S. The second-order valence-electron chi connectivity index (χ2n) is 4.25. The zero-order chi connectivity index (χ0) is 13.5. The van der Waals surface area contributed by atoms with Gasteiger partial charge >= 0.3 is 0 Å². The molecule has 2 aromatic rings. The minimum Gasteiger partial charge on any atom is -0.307 e. The van der Waals surface area contributed by atoms with Gasteiger partial charge in [0.2, 0.25) is 0 Å². The van der Waals surface area contributed by atoms with E-state index in [0.29, 0.717) is 6.04 Å². The predicted octanol–water partition coefficient (Wildman–Crippen LogP) is 3.76. The van der Waals surface area contributed by atoms with Crippen LogP contribution in [0.15, 0.2) is 48.8 Å². The summed E-state index contributed by atoms with van der Waals surface area (Å²) >= 11 is 1.94. The van der Waals surface area contributed by atoms with Crippen molar-refractivity contribution in [3.63, 3.8) is 0 Å². The maximum Gasteiger partial charge on any atom is 0.134 e. The van der Waals surface area contributed by atoms with Crippen molar-refractivity contribution in [2.24, 2.45) is 0 Å². The van der Waals surface area contributed by atoms with Gasteiger partial charge in [-0.2, -0.15) is 11.8 Å². The minimum atomic E-state index is 0.356. The fourth-order valence-electron chi connectivity index (χ4n) is 1.92. The monoisotopic (exact) mass is 273 g/mol. The van der Waals surface area contributed by atoms with Crippen molar-refractivity contribution in [2.75, 3.05) is 16.4 Å². The first-order valence-corrected chi connectivity index (χ1v) is 7.67. The molecule has 0 aliphatic rings. The first-order valence-electron chi connectivity index (χ1n) is 6.52. The van der Waals surface area contributed by atoms with Gasteiger partial charge in [0.1, 0.15) is 11.6 Å². The Labute approximate surface area is 119 Å². The minimum absolute atomic E-state index is 0.356. The number of rotatable bonds is 6. The van der Waals surface area contributed by atoms with Crippen molar-refractivity contribution in [1.29, 1.82) is 0 Å². The van der Waals surface area contributed by atoms with Gasteiger partial charge in [0.05, 0.1) is 0 Å². The van der Waals surface area contributed by atoms with E-state index in [1.54, 1.807) is 0 Å². The third kappa shape index (κ3) is 3.70. The van der Waals surface area contributed by atoms with Gasteiger partial charge in [0.25, 0.3) is 0 Å². The lowest BCUT2D eigenvalue weighted by Crippen LogP contribution is -2.31. The zero-order valence-corrected chi connectivity index (χ0v) is 12.2. The van der Waals surface area contributed by atoms with Crippen LogP contribution in [0.2, 0.25) is 0 Å². The molecule has 0 bridgehead atoms. The largest absolute Gasteiger partial charge is 0.307 e. The molecule has 2 heterocycles. The maximum atomic E-state index is 4.46. The van der Waals surface area contributed by atoms with Crippen LogP contribution in [0, 0.1) is 0 Å². The number of anilines is 2. The van der Waals surface area contributed by atoms with Crippen molar-refractivity contribution in [3.8, 4) is 0 Å². The zero-order valence-electron chi connectivity index (χ0n) is 11.4. The molecule has 4 heteroatoms. The van der Waals surface area contributed by atoms with Crippen LogP contribution >= 0.6 is 11.8 Å². The fourth-order valence-corrected chi connectivity index (χ4v) is 2.65. The molecule has 1 unspecified atom stereocenters. The smallest absolute Gasteiger partial charge is 0.134 e. The Morgan fingerprint density at radius 3 is 2.05 bits per heavy atom. The van der Waals surface area contributed by atoms with E-state index >= 15 is 0 Å². The lowest BCUT2D eigenvalue weighted by Gasteiger charge is -2.29. The average Bonchev–Trinajstić information content (AvgIpc) is 2.47. The SMILES string of the molecule is CCSCC(C)N(c1ccccn1)c1ccccn1. The Balaban J connectivity index is 2.29. The van der Waals surface area contributed by atoms with Gasteiger partial charge in [0.15, 0.2) is 0 Å². The number of hydrogen-bond donors (Lipinski definition) is 0. The van der Waals surface area contributed by atoms with E-state index in [0.717, 1.165) is 23.1 Å². The van der Waals surface area contributed by atoms with Crippen molar-refractivity contribution in [2.45, 2.75) is 19.9 Å². The summed E-state index contributed by atoms with van der Waals surface area (Å²) in [5.74, 6) is 4.09. The average molecular weight is 273 g/mol. The van der Waals surface area contributed by atoms with Gasteiger partial charge in [-0.15, -0.1) is 0 Å². The number of nitrogens with zero attached hydrogens (tertiary/aromatic N) is 3. The summed E-state index contributed by atoms with van der Waals surface area (Å²) in [5.41, 5.74) is 0. The van der Waals surface area contributed by atoms with Crippen LogP contribution in [0.25, 0.3) is 0 Å². The van der Waals surface area contributed by atoms with Crippen LogP contribution in [-0.2, 0) is 0 Å². The highest BCUT2D eigenvalue weighted by Crippen LogP contribution is 2.25. The summed E-state index contributed by atoms with van der Waals surface area (Å²) in [5, 5.41) is 0. The van der Waals surface area contributed by atoms with E-state index in [4.69, 9.17) is 0 Å².